The smallest absolute Gasteiger partial charge is 0.262 e. The molecule has 2 aromatic rings. The van der Waals surface area contributed by atoms with E-state index < -0.39 is 15.8 Å². The van der Waals surface area contributed by atoms with Gasteiger partial charge in [0.15, 0.2) is 11.6 Å². The van der Waals surface area contributed by atoms with Gasteiger partial charge >= 0.3 is 0 Å². The van der Waals surface area contributed by atoms with Crippen LogP contribution in [0, 0.1) is 5.82 Å². The van der Waals surface area contributed by atoms with Crippen LogP contribution in [0.15, 0.2) is 29.4 Å². The summed E-state index contributed by atoms with van der Waals surface area (Å²) in [7, 11) is -2.70. The molecule has 0 radical (unpaired) electrons. The number of hydrogen-bond acceptors (Lipinski definition) is 5. The predicted octanol–water partition coefficient (Wildman–Crippen LogP) is 0.940. The molecule has 0 aliphatic carbocycles. The molecule has 0 fully saturated rings. The van der Waals surface area contributed by atoms with Crippen LogP contribution in [0.5, 0.6) is 5.75 Å². The first-order valence-electron chi connectivity index (χ1n) is 5.08. The van der Waals surface area contributed by atoms with Gasteiger partial charge in [-0.2, -0.15) is 5.10 Å². The lowest BCUT2D eigenvalue weighted by molar-refractivity contribution is 0.388. The molecule has 0 unspecified atom stereocenters. The number of rotatable bonds is 4. The zero-order valence-electron chi connectivity index (χ0n) is 9.84. The normalized spacial score (nSPS) is 11.3. The third-order valence-corrected chi connectivity index (χ3v) is 3.67. The van der Waals surface area contributed by atoms with E-state index in [2.05, 4.69) is 14.9 Å². The number of nitrogen functional groups attached to an aromatic ring is 1. The highest BCUT2D eigenvalue weighted by Crippen LogP contribution is 2.29. The van der Waals surface area contributed by atoms with E-state index in [4.69, 9.17) is 10.5 Å². The van der Waals surface area contributed by atoms with Gasteiger partial charge in [-0.15, -0.1) is 0 Å². The molecular formula is C10H11FN4O3S. The molecule has 0 amide bonds. The molecule has 0 atom stereocenters. The van der Waals surface area contributed by atoms with Gasteiger partial charge < -0.3 is 10.5 Å². The minimum absolute atomic E-state index is 0.102. The maximum absolute atomic E-state index is 13.6. The first kappa shape index (κ1) is 13.1. The molecule has 102 valence electrons. The summed E-state index contributed by atoms with van der Waals surface area (Å²) in [6.07, 6.45) is 2.63. The van der Waals surface area contributed by atoms with Crippen LogP contribution in [0.2, 0.25) is 0 Å². The summed E-state index contributed by atoms with van der Waals surface area (Å²) in [5.41, 5.74) is 5.66. The monoisotopic (exact) mass is 286 g/mol. The average molecular weight is 286 g/mol. The van der Waals surface area contributed by atoms with Crippen LogP contribution in [0.25, 0.3) is 0 Å². The number of ether oxygens (including phenoxy) is 1. The lowest BCUT2D eigenvalue weighted by atomic mass is 10.3. The predicted molar refractivity (Wildman–Crippen MR) is 66.8 cm³/mol. The number of benzene rings is 1. The zero-order chi connectivity index (χ0) is 14.0. The number of nitrogens with zero attached hydrogens (tertiary/aromatic N) is 1. The second kappa shape index (κ2) is 4.76. The molecule has 0 saturated heterocycles. The van der Waals surface area contributed by atoms with Crippen molar-refractivity contribution in [3.8, 4) is 5.75 Å². The molecule has 0 aliphatic rings. The van der Waals surface area contributed by atoms with Crippen LogP contribution >= 0.6 is 0 Å². The Kier molecular flexibility index (Phi) is 3.30. The number of halogens is 1. The molecular weight excluding hydrogens is 275 g/mol. The van der Waals surface area contributed by atoms with E-state index in [1.165, 1.54) is 19.5 Å². The molecule has 0 aliphatic heterocycles. The van der Waals surface area contributed by atoms with E-state index >= 15 is 0 Å². The fraction of sp³-hybridized carbons (Fsp3) is 0.100. The molecule has 1 heterocycles. The summed E-state index contributed by atoms with van der Waals surface area (Å²) >= 11 is 0. The number of nitrogens with one attached hydrogen (secondary N) is 2. The highest BCUT2D eigenvalue weighted by atomic mass is 32.2. The lowest BCUT2D eigenvalue weighted by Gasteiger charge is -2.10. The topological polar surface area (TPSA) is 110 Å². The molecule has 4 N–H and O–H groups in total. The van der Waals surface area contributed by atoms with E-state index in [0.717, 1.165) is 12.1 Å². The highest BCUT2D eigenvalue weighted by molar-refractivity contribution is 7.92. The van der Waals surface area contributed by atoms with Crippen molar-refractivity contribution < 1.29 is 17.5 Å². The van der Waals surface area contributed by atoms with Crippen molar-refractivity contribution in [1.29, 1.82) is 0 Å². The molecule has 0 spiro atoms. The summed E-state index contributed by atoms with van der Waals surface area (Å²) < 4.78 is 44.5. The van der Waals surface area contributed by atoms with Gasteiger partial charge in [-0.1, -0.05) is 0 Å². The van der Waals surface area contributed by atoms with Crippen molar-refractivity contribution >= 4 is 21.4 Å². The quantitative estimate of drug-likeness (QED) is 0.724. The second-order valence-corrected chi connectivity index (χ2v) is 5.30. The van der Waals surface area contributed by atoms with E-state index in [1.54, 1.807) is 0 Å². The molecule has 2 rings (SSSR count). The molecule has 7 nitrogen and oxygen atoms in total. The van der Waals surface area contributed by atoms with Crippen LogP contribution < -0.4 is 15.2 Å². The number of aromatic nitrogens is 2. The third kappa shape index (κ3) is 2.60. The zero-order valence-corrected chi connectivity index (χ0v) is 10.7. The molecule has 1 aromatic heterocycles. The number of H-pyrrole nitrogens is 1. The van der Waals surface area contributed by atoms with Crippen LogP contribution in [-0.4, -0.2) is 25.7 Å². The average Bonchev–Trinajstić information content (AvgIpc) is 2.80. The van der Waals surface area contributed by atoms with Gasteiger partial charge in [0.1, 0.15) is 0 Å². The van der Waals surface area contributed by atoms with Crippen molar-refractivity contribution in [1.82, 2.24) is 10.2 Å². The van der Waals surface area contributed by atoms with Gasteiger partial charge in [0.05, 0.1) is 29.6 Å². The summed E-state index contributed by atoms with van der Waals surface area (Å²) in [6.45, 7) is 0. The minimum atomic E-state index is -3.94. The van der Waals surface area contributed by atoms with Gasteiger partial charge in [0.25, 0.3) is 10.0 Å². The number of hydrogen-bond donors (Lipinski definition) is 3. The summed E-state index contributed by atoms with van der Waals surface area (Å²) in [4.78, 5) is -0.301. The number of nitrogens with two attached hydrogens (primary N) is 1. The summed E-state index contributed by atoms with van der Waals surface area (Å²) in [5, 5.41) is 6.04. The van der Waals surface area contributed by atoms with Crippen molar-refractivity contribution in [2.45, 2.75) is 4.90 Å². The van der Waals surface area contributed by atoms with Crippen molar-refractivity contribution in [2.24, 2.45) is 0 Å². The maximum Gasteiger partial charge on any atom is 0.262 e. The van der Waals surface area contributed by atoms with Gasteiger partial charge in [0.2, 0.25) is 0 Å². The third-order valence-electron chi connectivity index (χ3n) is 2.31. The Labute approximate surface area is 108 Å². The first-order valence-corrected chi connectivity index (χ1v) is 6.57. The van der Waals surface area contributed by atoms with Crippen LogP contribution in [-0.2, 0) is 10.0 Å². The van der Waals surface area contributed by atoms with Crippen molar-refractivity contribution in [2.75, 3.05) is 17.6 Å². The minimum Gasteiger partial charge on any atom is -0.492 e. The second-order valence-electron chi connectivity index (χ2n) is 3.62. The Morgan fingerprint density at radius 3 is 2.74 bits per heavy atom. The largest absolute Gasteiger partial charge is 0.492 e. The molecule has 0 bridgehead atoms. The standard InChI is InChI=1S/C10H11FN4O3S/c1-18-10-8(11)2-7(3-9(10)12)19(16,17)15-6-4-13-14-5-6/h2-5,15H,12H2,1H3,(H,13,14). The Hall–Kier alpha value is -2.29. The Bertz CT molecular complexity index is 662. The summed E-state index contributed by atoms with van der Waals surface area (Å²) in [6, 6.07) is 1.95. The van der Waals surface area contributed by atoms with Crippen molar-refractivity contribution in [3.63, 3.8) is 0 Å². The maximum atomic E-state index is 13.6. The number of sulfonamides is 1. The Morgan fingerprint density at radius 1 is 1.47 bits per heavy atom. The van der Waals surface area contributed by atoms with E-state index in [-0.39, 0.29) is 22.0 Å². The van der Waals surface area contributed by atoms with Crippen LogP contribution in [0.4, 0.5) is 15.8 Å². The number of anilines is 2. The molecule has 19 heavy (non-hydrogen) atoms. The fourth-order valence-electron chi connectivity index (χ4n) is 1.48. The molecule has 0 saturated carbocycles. The first-order chi connectivity index (χ1) is 8.94. The lowest BCUT2D eigenvalue weighted by Crippen LogP contribution is -2.13. The van der Waals surface area contributed by atoms with Gasteiger partial charge in [-0.05, 0) is 12.1 Å². The fourth-order valence-corrected chi connectivity index (χ4v) is 2.56. The number of methoxy groups -OCH3 is 1. The van der Waals surface area contributed by atoms with E-state index in [9.17, 15) is 12.8 Å². The summed E-state index contributed by atoms with van der Waals surface area (Å²) in [5.74, 6) is -1.04. The van der Waals surface area contributed by atoms with Crippen LogP contribution in [0.3, 0.4) is 0 Å². The molecule has 9 heteroatoms. The highest BCUT2D eigenvalue weighted by Gasteiger charge is 2.19. The van der Waals surface area contributed by atoms with Gasteiger partial charge in [0, 0.05) is 6.20 Å². The van der Waals surface area contributed by atoms with E-state index in [0.29, 0.717) is 0 Å². The Balaban J connectivity index is 2.41. The van der Waals surface area contributed by atoms with Gasteiger partial charge in [-0.3, -0.25) is 9.82 Å². The Morgan fingerprint density at radius 2 is 2.21 bits per heavy atom. The molecule has 1 aromatic carbocycles. The SMILES string of the molecule is COc1c(N)cc(S(=O)(=O)Nc2cn[nH]c2)cc1F. The van der Waals surface area contributed by atoms with Crippen LogP contribution in [0.1, 0.15) is 0 Å². The van der Waals surface area contributed by atoms with Gasteiger partial charge in [-0.25, -0.2) is 12.8 Å². The number of aromatic amines is 1. The van der Waals surface area contributed by atoms with Crippen molar-refractivity contribution in [3.05, 3.63) is 30.3 Å². The van der Waals surface area contributed by atoms with E-state index in [1.807, 2.05) is 0 Å².